The number of carbonyl (C=O) groups is 1. The smallest absolute Gasteiger partial charge is 0.330 e. The van der Waals surface area contributed by atoms with Crippen LogP contribution in [0.2, 0.25) is 0 Å². The molecule has 7 heteroatoms. The number of H-pyrrole nitrogens is 2. The van der Waals surface area contributed by atoms with Crippen molar-refractivity contribution in [3.63, 3.8) is 0 Å². The summed E-state index contributed by atoms with van der Waals surface area (Å²) in [4.78, 5) is 17.2. The SMILES string of the molecule is COC(=O)C=Cc1ccc2c(c1)CCC2N(CCc1c[nH]c2cc(F)ccc12)Cc1cn[nH]c1C. The van der Waals surface area contributed by atoms with Gasteiger partial charge in [-0.1, -0.05) is 18.2 Å². The van der Waals surface area contributed by atoms with E-state index in [4.69, 9.17) is 4.74 Å². The van der Waals surface area contributed by atoms with Gasteiger partial charge in [-0.05, 0) is 72.7 Å². The first-order valence-electron chi connectivity index (χ1n) is 11.9. The lowest BCUT2D eigenvalue weighted by Gasteiger charge is -2.29. The van der Waals surface area contributed by atoms with E-state index in [9.17, 15) is 9.18 Å². The number of fused-ring (bicyclic) bond motifs is 2. The van der Waals surface area contributed by atoms with Crippen LogP contribution in [0.5, 0.6) is 0 Å². The summed E-state index contributed by atoms with van der Waals surface area (Å²) in [6.45, 7) is 3.72. The summed E-state index contributed by atoms with van der Waals surface area (Å²) in [6, 6.07) is 11.6. The zero-order valence-electron chi connectivity index (χ0n) is 20.0. The average molecular weight is 473 g/mol. The summed E-state index contributed by atoms with van der Waals surface area (Å²) in [6.07, 6.45) is 10.0. The summed E-state index contributed by atoms with van der Waals surface area (Å²) >= 11 is 0. The number of aryl methyl sites for hydroxylation is 2. The number of benzene rings is 2. The molecule has 35 heavy (non-hydrogen) atoms. The fraction of sp³-hybridized carbons (Fsp3) is 0.286. The van der Waals surface area contributed by atoms with Gasteiger partial charge in [-0.25, -0.2) is 9.18 Å². The van der Waals surface area contributed by atoms with Crippen LogP contribution >= 0.6 is 0 Å². The van der Waals surface area contributed by atoms with Crippen molar-refractivity contribution in [1.82, 2.24) is 20.1 Å². The fourth-order valence-corrected chi connectivity index (χ4v) is 5.06. The summed E-state index contributed by atoms with van der Waals surface area (Å²) in [5, 5.41) is 8.35. The average Bonchev–Trinajstić information content (AvgIpc) is 3.58. The zero-order valence-corrected chi connectivity index (χ0v) is 20.0. The number of ether oxygens (including phenoxy) is 1. The van der Waals surface area contributed by atoms with E-state index in [0.717, 1.165) is 54.5 Å². The largest absolute Gasteiger partial charge is 0.466 e. The molecule has 1 aliphatic carbocycles. The second kappa shape index (κ2) is 9.88. The number of esters is 1. The van der Waals surface area contributed by atoms with Crippen LogP contribution in [0.25, 0.3) is 17.0 Å². The summed E-state index contributed by atoms with van der Waals surface area (Å²) < 4.78 is 18.3. The minimum absolute atomic E-state index is 0.230. The molecule has 0 fully saturated rings. The Kier molecular flexibility index (Phi) is 6.51. The fourth-order valence-electron chi connectivity index (χ4n) is 5.06. The molecular formula is C28H29FN4O2. The highest BCUT2D eigenvalue weighted by molar-refractivity contribution is 5.87. The minimum Gasteiger partial charge on any atom is -0.466 e. The van der Waals surface area contributed by atoms with E-state index < -0.39 is 0 Å². The first-order valence-corrected chi connectivity index (χ1v) is 11.9. The van der Waals surface area contributed by atoms with Crippen LogP contribution in [0.1, 0.15) is 46.0 Å². The number of halogens is 1. The number of nitrogens with one attached hydrogen (secondary N) is 2. The standard InChI is InChI=1S/C28H29FN4O2/c1-18-22(16-31-32-18)17-33(12-11-21-15-30-26-14-23(29)6-8-24(21)26)27-9-5-20-13-19(3-7-25(20)27)4-10-28(34)35-2/h3-4,6-8,10,13-16,27,30H,5,9,11-12,17H2,1-2H3,(H,31,32). The van der Waals surface area contributed by atoms with Gasteiger partial charge in [-0.15, -0.1) is 0 Å². The number of hydrogen-bond donors (Lipinski definition) is 2. The molecule has 0 amide bonds. The molecule has 0 spiro atoms. The van der Waals surface area contributed by atoms with Gasteiger partial charge in [0.05, 0.1) is 13.3 Å². The molecule has 2 aromatic heterocycles. The molecule has 1 atom stereocenters. The molecule has 0 bridgehead atoms. The van der Waals surface area contributed by atoms with E-state index in [1.807, 2.05) is 18.5 Å². The van der Waals surface area contributed by atoms with Crippen LogP contribution in [0.3, 0.4) is 0 Å². The molecule has 1 unspecified atom stereocenters. The van der Waals surface area contributed by atoms with Gasteiger partial charge in [0.25, 0.3) is 0 Å². The maximum Gasteiger partial charge on any atom is 0.330 e. The van der Waals surface area contributed by atoms with Crippen molar-refractivity contribution >= 4 is 22.9 Å². The second-order valence-corrected chi connectivity index (χ2v) is 9.11. The van der Waals surface area contributed by atoms with E-state index in [0.29, 0.717) is 6.04 Å². The predicted octanol–water partition coefficient (Wildman–Crippen LogP) is 5.26. The topological polar surface area (TPSA) is 74.0 Å². The second-order valence-electron chi connectivity index (χ2n) is 9.11. The van der Waals surface area contributed by atoms with E-state index in [2.05, 4.69) is 45.2 Å². The van der Waals surface area contributed by atoms with Gasteiger partial charge < -0.3 is 9.72 Å². The highest BCUT2D eigenvalue weighted by Gasteiger charge is 2.28. The third-order valence-electron chi connectivity index (χ3n) is 6.97. The number of hydrogen-bond acceptors (Lipinski definition) is 4. The Morgan fingerprint density at radius 3 is 2.94 bits per heavy atom. The molecule has 2 heterocycles. The van der Waals surface area contributed by atoms with Gasteiger partial charge >= 0.3 is 5.97 Å². The molecule has 180 valence electrons. The first kappa shape index (κ1) is 23.1. The number of carbonyl (C=O) groups excluding carboxylic acids is 1. The van der Waals surface area contributed by atoms with Crippen molar-refractivity contribution in [2.75, 3.05) is 13.7 Å². The molecule has 0 saturated carbocycles. The van der Waals surface area contributed by atoms with E-state index in [-0.39, 0.29) is 11.8 Å². The molecule has 2 N–H and O–H groups in total. The van der Waals surface area contributed by atoms with E-state index in [1.165, 1.54) is 41.5 Å². The van der Waals surface area contributed by atoms with Crippen molar-refractivity contribution in [2.45, 2.75) is 38.8 Å². The quantitative estimate of drug-likeness (QED) is 0.271. The van der Waals surface area contributed by atoms with Gasteiger partial charge in [-0.3, -0.25) is 10.00 Å². The lowest BCUT2D eigenvalue weighted by Crippen LogP contribution is -2.29. The Balaban J connectivity index is 1.39. The van der Waals surface area contributed by atoms with Crippen LogP contribution in [0.4, 0.5) is 4.39 Å². The third-order valence-corrected chi connectivity index (χ3v) is 6.97. The van der Waals surface area contributed by atoms with Gasteiger partial charge in [0, 0.05) is 53.6 Å². The lowest BCUT2D eigenvalue weighted by atomic mass is 10.0. The third kappa shape index (κ3) is 4.91. The van der Waals surface area contributed by atoms with Gasteiger partial charge in [0.15, 0.2) is 0 Å². The molecule has 0 saturated heterocycles. The highest BCUT2D eigenvalue weighted by atomic mass is 19.1. The molecule has 6 nitrogen and oxygen atoms in total. The van der Waals surface area contributed by atoms with Gasteiger partial charge in [0.1, 0.15) is 5.82 Å². The molecule has 0 aliphatic heterocycles. The molecule has 5 rings (SSSR count). The van der Waals surface area contributed by atoms with Crippen LogP contribution in [0.15, 0.2) is 54.9 Å². The number of nitrogens with zero attached hydrogens (tertiary/aromatic N) is 2. The molecule has 1 aliphatic rings. The summed E-state index contributed by atoms with van der Waals surface area (Å²) in [5.41, 5.74) is 7.95. The van der Waals surface area contributed by atoms with Crippen molar-refractivity contribution < 1.29 is 13.9 Å². The lowest BCUT2D eigenvalue weighted by molar-refractivity contribution is -0.134. The highest BCUT2D eigenvalue weighted by Crippen LogP contribution is 2.37. The van der Waals surface area contributed by atoms with Gasteiger partial charge in [0.2, 0.25) is 0 Å². The van der Waals surface area contributed by atoms with E-state index >= 15 is 0 Å². The summed E-state index contributed by atoms with van der Waals surface area (Å²) in [5.74, 6) is -0.587. The Labute approximate surface area is 203 Å². The minimum atomic E-state index is -0.356. The number of rotatable bonds is 8. The van der Waals surface area contributed by atoms with Crippen LogP contribution in [0, 0.1) is 12.7 Å². The Morgan fingerprint density at radius 1 is 1.26 bits per heavy atom. The van der Waals surface area contributed by atoms with Crippen molar-refractivity contribution in [3.8, 4) is 0 Å². The summed E-state index contributed by atoms with van der Waals surface area (Å²) in [7, 11) is 1.38. The predicted molar refractivity (Wildman–Crippen MR) is 134 cm³/mol. The Bertz CT molecular complexity index is 1390. The number of methoxy groups -OCH3 is 1. The van der Waals surface area contributed by atoms with Crippen LogP contribution in [-0.2, 0) is 28.9 Å². The van der Waals surface area contributed by atoms with E-state index in [1.54, 1.807) is 12.1 Å². The normalized spacial score (nSPS) is 15.4. The maximum absolute atomic E-state index is 13.6. The molecular weight excluding hydrogens is 443 g/mol. The van der Waals surface area contributed by atoms with Crippen LogP contribution < -0.4 is 0 Å². The zero-order chi connectivity index (χ0) is 24.4. The van der Waals surface area contributed by atoms with Crippen molar-refractivity contribution in [3.05, 3.63) is 94.2 Å². The Hall–Kier alpha value is -3.71. The van der Waals surface area contributed by atoms with Crippen molar-refractivity contribution in [2.24, 2.45) is 0 Å². The Morgan fingerprint density at radius 2 is 2.14 bits per heavy atom. The number of aromatic amines is 2. The molecule has 0 radical (unpaired) electrons. The van der Waals surface area contributed by atoms with Gasteiger partial charge in [-0.2, -0.15) is 5.10 Å². The van der Waals surface area contributed by atoms with Crippen molar-refractivity contribution in [1.29, 1.82) is 0 Å². The van der Waals surface area contributed by atoms with Crippen LogP contribution in [-0.4, -0.2) is 39.7 Å². The molecule has 2 aromatic carbocycles. The number of aromatic nitrogens is 3. The maximum atomic E-state index is 13.6. The first-order chi connectivity index (χ1) is 17.0. The monoisotopic (exact) mass is 472 g/mol. The molecule has 4 aromatic rings.